The number of hydrogen-bond donors (Lipinski definition) is 0. The minimum absolute atomic E-state index is 0.0374. The number of benzene rings is 1. The quantitative estimate of drug-likeness (QED) is 0.592. The highest BCUT2D eigenvalue weighted by molar-refractivity contribution is 5.61. The summed E-state index contributed by atoms with van der Waals surface area (Å²) in [7, 11) is 0. The molecular weight excluding hydrogens is 224 g/mol. The monoisotopic (exact) mass is 236 g/mol. The number of ether oxygens (including phenoxy) is 2. The molecule has 0 unspecified atom stereocenters. The van der Waals surface area contributed by atoms with Crippen molar-refractivity contribution < 1.29 is 14.4 Å². The van der Waals surface area contributed by atoms with Gasteiger partial charge in [-0.1, -0.05) is 0 Å². The Morgan fingerprint density at radius 2 is 2.41 bits per heavy atom. The zero-order chi connectivity index (χ0) is 12.3. The second kappa shape index (κ2) is 4.73. The zero-order valence-electron chi connectivity index (χ0n) is 9.33. The fraction of sp³-hybridized carbons (Fsp3) is 0.273. The number of rotatable bonds is 4. The number of anilines is 1. The van der Waals surface area contributed by atoms with Gasteiger partial charge in [-0.05, 0) is 19.1 Å². The van der Waals surface area contributed by atoms with Crippen LogP contribution in [-0.2, 0) is 4.74 Å². The largest absolute Gasteiger partial charge is 0.487 e. The van der Waals surface area contributed by atoms with Crippen molar-refractivity contribution in [3.63, 3.8) is 0 Å². The summed E-state index contributed by atoms with van der Waals surface area (Å²) in [5.41, 5.74) is 0.665. The van der Waals surface area contributed by atoms with Crippen LogP contribution in [0.15, 0.2) is 30.7 Å². The van der Waals surface area contributed by atoms with Crippen molar-refractivity contribution in [1.29, 1.82) is 0 Å². The van der Waals surface area contributed by atoms with Crippen molar-refractivity contribution in [2.24, 2.45) is 0 Å². The minimum atomic E-state index is -0.449. The van der Waals surface area contributed by atoms with Crippen LogP contribution in [0.25, 0.3) is 0 Å². The number of nitro groups is 1. The molecule has 0 aromatic heterocycles. The molecule has 2 rings (SSSR count). The molecule has 0 saturated carbocycles. The molecule has 6 heteroatoms. The van der Waals surface area contributed by atoms with E-state index in [2.05, 4.69) is 0 Å². The molecular formula is C11H12N2O4. The first-order chi connectivity index (χ1) is 8.22. The normalized spacial score (nSPS) is 13.6. The molecule has 1 aromatic carbocycles. The standard InChI is InChI=1S/C11H12N2O4/c1-2-17-11-4-3-9(7-10(11)13(14)15)12-5-6-16-8-12/h3-7H,2,8H2,1H3. The van der Waals surface area contributed by atoms with Crippen LogP contribution in [0.4, 0.5) is 11.4 Å². The maximum absolute atomic E-state index is 10.9. The van der Waals surface area contributed by atoms with Gasteiger partial charge in [0.05, 0.1) is 17.2 Å². The topological polar surface area (TPSA) is 64.8 Å². The molecule has 0 radical (unpaired) electrons. The highest BCUT2D eigenvalue weighted by atomic mass is 16.6. The predicted molar refractivity (Wildman–Crippen MR) is 61.8 cm³/mol. The predicted octanol–water partition coefficient (Wildman–Crippen LogP) is 2.26. The van der Waals surface area contributed by atoms with Gasteiger partial charge in [-0.15, -0.1) is 0 Å². The summed E-state index contributed by atoms with van der Waals surface area (Å²) < 4.78 is 10.2. The average molecular weight is 236 g/mol. The van der Waals surface area contributed by atoms with Crippen LogP contribution in [0.1, 0.15) is 6.92 Å². The first-order valence-corrected chi connectivity index (χ1v) is 5.18. The Kier molecular flexibility index (Phi) is 3.13. The van der Waals surface area contributed by atoms with Crippen molar-refractivity contribution in [1.82, 2.24) is 0 Å². The highest BCUT2D eigenvalue weighted by Gasteiger charge is 2.18. The first kappa shape index (κ1) is 11.3. The lowest BCUT2D eigenvalue weighted by Crippen LogP contribution is -2.13. The number of nitrogens with zero attached hydrogens (tertiary/aromatic N) is 2. The molecule has 6 nitrogen and oxygen atoms in total. The van der Waals surface area contributed by atoms with Crippen LogP contribution in [0.3, 0.4) is 0 Å². The fourth-order valence-corrected chi connectivity index (χ4v) is 1.55. The summed E-state index contributed by atoms with van der Waals surface area (Å²) >= 11 is 0. The SMILES string of the molecule is CCOc1ccc(N2C=COC2)cc1[N+](=O)[O-]. The smallest absolute Gasteiger partial charge is 0.312 e. The van der Waals surface area contributed by atoms with E-state index in [9.17, 15) is 10.1 Å². The van der Waals surface area contributed by atoms with Gasteiger partial charge >= 0.3 is 5.69 Å². The molecule has 0 atom stereocenters. The van der Waals surface area contributed by atoms with Gasteiger partial charge in [-0.25, -0.2) is 0 Å². The van der Waals surface area contributed by atoms with E-state index in [1.807, 2.05) is 0 Å². The van der Waals surface area contributed by atoms with Crippen molar-refractivity contribution >= 4 is 11.4 Å². The second-order valence-electron chi connectivity index (χ2n) is 3.39. The van der Waals surface area contributed by atoms with Crippen LogP contribution in [-0.4, -0.2) is 18.3 Å². The summed E-state index contributed by atoms with van der Waals surface area (Å²) in [5, 5.41) is 10.9. The molecule has 0 saturated heterocycles. The van der Waals surface area contributed by atoms with Gasteiger partial charge in [0, 0.05) is 12.3 Å². The molecule has 0 fully saturated rings. The molecule has 1 aliphatic heterocycles. The Morgan fingerprint density at radius 1 is 1.59 bits per heavy atom. The highest BCUT2D eigenvalue weighted by Crippen LogP contribution is 2.32. The van der Waals surface area contributed by atoms with Crippen LogP contribution in [0.2, 0.25) is 0 Å². The van der Waals surface area contributed by atoms with Crippen molar-refractivity contribution in [3.8, 4) is 5.75 Å². The summed E-state index contributed by atoms with van der Waals surface area (Å²) in [6.45, 7) is 2.55. The summed E-state index contributed by atoms with van der Waals surface area (Å²) in [6.07, 6.45) is 3.27. The van der Waals surface area contributed by atoms with E-state index in [1.165, 1.54) is 6.07 Å². The van der Waals surface area contributed by atoms with Gasteiger partial charge in [-0.3, -0.25) is 10.1 Å². The Labute approximate surface area is 98.2 Å². The van der Waals surface area contributed by atoms with Crippen LogP contribution in [0.5, 0.6) is 5.75 Å². The fourth-order valence-electron chi connectivity index (χ4n) is 1.55. The van der Waals surface area contributed by atoms with Gasteiger partial charge in [0.2, 0.25) is 0 Å². The van der Waals surface area contributed by atoms with E-state index in [4.69, 9.17) is 9.47 Å². The van der Waals surface area contributed by atoms with E-state index in [1.54, 1.807) is 36.4 Å². The summed E-state index contributed by atoms with van der Waals surface area (Å²) in [5.74, 6) is 0.283. The Balaban J connectivity index is 2.34. The third-order valence-corrected chi connectivity index (χ3v) is 2.32. The summed E-state index contributed by atoms with van der Waals surface area (Å²) in [4.78, 5) is 12.2. The third kappa shape index (κ3) is 2.30. The summed E-state index contributed by atoms with van der Waals surface area (Å²) in [6, 6.07) is 4.84. The molecule has 0 N–H and O–H groups in total. The maximum Gasteiger partial charge on any atom is 0.312 e. The Morgan fingerprint density at radius 3 is 3.00 bits per heavy atom. The van der Waals surface area contributed by atoms with Crippen molar-refractivity contribution in [2.75, 3.05) is 18.2 Å². The lowest BCUT2D eigenvalue weighted by atomic mass is 10.2. The Hall–Kier alpha value is -2.24. The maximum atomic E-state index is 10.9. The molecule has 17 heavy (non-hydrogen) atoms. The lowest BCUT2D eigenvalue weighted by molar-refractivity contribution is -0.385. The second-order valence-corrected chi connectivity index (χ2v) is 3.39. The van der Waals surface area contributed by atoms with E-state index < -0.39 is 4.92 Å². The van der Waals surface area contributed by atoms with Gasteiger partial charge in [0.1, 0.15) is 6.26 Å². The van der Waals surface area contributed by atoms with Crippen LogP contribution in [0, 0.1) is 10.1 Å². The molecule has 0 spiro atoms. The molecule has 1 aromatic rings. The molecule has 0 aliphatic carbocycles. The molecule has 0 bridgehead atoms. The average Bonchev–Trinajstić information content (AvgIpc) is 2.83. The van der Waals surface area contributed by atoms with Crippen LogP contribution < -0.4 is 9.64 Å². The van der Waals surface area contributed by atoms with Crippen molar-refractivity contribution in [3.05, 3.63) is 40.8 Å². The number of hydrogen-bond acceptors (Lipinski definition) is 5. The van der Waals surface area contributed by atoms with Gasteiger partial charge < -0.3 is 14.4 Å². The van der Waals surface area contributed by atoms with E-state index >= 15 is 0 Å². The molecule has 1 aliphatic rings. The molecule has 1 heterocycles. The first-order valence-electron chi connectivity index (χ1n) is 5.18. The Bertz CT molecular complexity index is 459. The van der Waals surface area contributed by atoms with E-state index in [0.717, 1.165) is 0 Å². The van der Waals surface area contributed by atoms with Gasteiger partial charge in [-0.2, -0.15) is 0 Å². The molecule has 0 amide bonds. The van der Waals surface area contributed by atoms with Gasteiger partial charge in [0.15, 0.2) is 12.5 Å². The molecule has 90 valence electrons. The minimum Gasteiger partial charge on any atom is -0.487 e. The van der Waals surface area contributed by atoms with Crippen LogP contribution >= 0.6 is 0 Å². The third-order valence-electron chi connectivity index (χ3n) is 2.32. The van der Waals surface area contributed by atoms with Crippen molar-refractivity contribution in [2.45, 2.75) is 6.92 Å². The zero-order valence-corrected chi connectivity index (χ0v) is 9.33. The van der Waals surface area contributed by atoms with E-state index in [0.29, 0.717) is 19.0 Å². The van der Waals surface area contributed by atoms with E-state index in [-0.39, 0.29) is 11.4 Å². The lowest BCUT2D eigenvalue weighted by Gasteiger charge is -2.14. The van der Waals surface area contributed by atoms with Gasteiger partial charge in [0.25, 0.3) is 0 Å². The number of nitro benzene ring substituents is 1.